The first-order valence-corrected chi connectivity index (χ1v) is 10.3. The molecule has 1 aliphatic heterocycles. The standard InChI is InChI=1S/C22H22F2N8O2/c23-14-6-2-1-4-11(14)8-28-17-13(5-3-7-15(17)24)16(25)21-30-19(26)18(20(27)31-21)29-22(34)32-9-12(33)10-32/h1-7,12,25,28,33H,8-10H2,(H,29,34)(H4,26,27,30,31). The number of aliphatic hydroxyl groups excluding tert-OH is 1. The van der Waals surface area contributed by atoms with Gasteiger partial charge >= 0.3 is 6.03 Å². The highest BCUT2D eigenvalue weighted by molar-refractivity contribution is 6.12. The molecule has 4 rings (SSSR count). The van der Waals surface area contributed by atoms with E-state index in [-0.39, 0.29) is 59.7 Å². The van der Waals surface area contributed by atoms with Gasteiger partial charge in [-0.2, -0.15) is 0 Å². The quantitative estimate of drug-likeness (QED) is 0.302. The SMILES string of the molecule is N=C(c1nc(N)c(NC(=O)N2CC(O)C2)c(N)n1)c1cccc(F)c1NCc1ccccc1F. The fourth-order valence-electron chi connectivity index (χ4n) is 3.40. The minimum absolute atomic E-state index is 0.0187. The topological polar surface area (TPSA) is 166 Å². The second-order valence-corrected chi connectivity index (χ2v) is 7.66. The minimum Gasteiger partial charge on any atom is -0.389 e. The number of β-amino-alcohol motifs (C(OH)–C–C–N with tert-alkyl or cyclic N) is 1. The van der Waals surface area contributed by atoms with Gasteiger partial charge in [-0.25, -0.2) is 23.5 Å². The predicted molar refractivity (Wildman–Crippen MR) is 124 cm³/mol. The molecule has 0 spiro atoms. The van der Waals surface area contributed by atoms with Gasteiger partial charge in [-0.1, -0.05) is 30.3 Å². The van der Waals surface area contributed by atoms with Gasteiger partial charge in [0, 0.05) is 17.7 Å². The summed E-state index contributed by atoms with van der Waals surface area (Å²) in [6, 6.07) is 9.64. The van der Waals surface area contributed by atoms with Crippen molar-refractivity contribution in [2.75, 3.05) is 35.2 Å². The highest BCUT2D eigenvalue weighted by atomic mass is 19.1. The van der Waals surface area contributed by atoms with Crippen molar-refractivity contribution in [2.24, 2.45) is 0 Å². The van der Waals surface area contributed by atoms with Crippen LogP contribution in [0.2, 0.25) is 0 Å². The maximum Gasteiger partial charge on any atom is 0.322 e. The number of hydrogen-bond donors (Lipinski definition) is 6. The number of urea groups is 1. The number of para-hydroxylation sites is 1. The molecule has 0 bridgehead atoms. The third kappa shape index (κ3) is 4.57. The summed E-state index contributed by atoms with van der Waals surface area (Å²) in [6.07, 6.45) is -0.577. The Kier molecular flexibility index (Phi) is 6.23. The molecule has 2 aromatic carbocycles. The molecule has 1 aromatic heterocycles. The molecule has 8 N–H and O–H groups in total. The second kappa shape index (κ2) is 9.27. The zero-order valence-corrected chi connectivity index (χ0v) is 17.8. The second-order valence-electron chi connectivity index (χ2n) is 7.66. The minimum atomic E-state index is -0.653. The Labute approximate surface area is 193 Å². The molecule has 2 heterocycles. The lowest BCUT2D eigenvalue weighted by Gasteiger charge is -2.35. The number of aromatic nitrogens is 2. The summed E-state index contributed by atoms with van der Waals surface area (Å²) in [5, 5.41) is 23.2. The fraction of sp³-hybridized carbons (Fsp3) is 0.182. The number of halogens is 2. The number of benzene rings is 2. The van der Waals surface area contributed by atoms with Crippen LogP contribution in [0.15, 0.2) is 42.5 Å². The van der Waals surface area contributed by atoms with Crippen molar-refractivity contribution in [3.8, 4) is 0 Å². The maximum atomic E-state index is 14.6. The number of rotatable bonds is 6. The molecule has 12 heteroatoms. The van der Waals surface area contributed by atoms with Gasteiger partial charge in [0.2, 0.25) is 0 Å². The Morgan fingerprint density at radius 2 is 1.71 bits per heavy atom. The number of nitrogens with one attached hydrogen (secondary N) is 3. The molecule has 176 valence electrons. The summed E-state index contributed by atoms with van der Waals surface area (Å²) in [5.41, 5.74) is 12.0. The third-order valence-corrected chi connectivity index (χ3v) is 5.27. The number of anilines is 4. The van der Waals surface area contributed by atoms with Crippen LogP contribution in [0.3, 0.4) is 0 Å². The molecule has 0 radical (unpaired) electrons. The Morgan fingerprint density at radius 3 is 2.35 bits per heavy atom. The molecule has 0 atom stereocenters. The van der Waals surface area contributed by atoms with Gasteiger partial charge in [0.15, 0.2) is 17.5 Å². The zero-order valence-electron chi connectivity index (χ0n) is 17.8. The number of nitrogen functional groups attached to an aromatic ring is 2. The maximum absolute atomic E-state index is 14.6. The number of aliphatic hydroxyl groups is 1. The van der Waals surface area contributed by atoms with E-state index < -0.39 is 23.8 Å². The van der Waals surface area contributed by atoms with E-state index in [1.165, 1.54) is 29.2 Å². The van der Waals surface area contributed by atoms with Crippen LogP contribution in [0.4, 0.5) is 36.6 Å². The van der Waals surface area contributed by atoms with E-state index in [0.29, 0.717) is 5.56 Å². The van der Waals surface area contributed by atoms with E-state index in [2.05, 4.69) is 20.6 Å². The molecule has 3 aromatic rings. The number of carbonyl (C=O) groups is 1. The molecule has 1 fully saturated rings. The van der Waals surface area contributed by atoms with Gasteiger partial charge in [0.05, 0.1) is 24.9 Å². The summed E-state index contributed by atoms with van der Waals surface area (Å²) in [5.74, 6) is -1.65. The van der Waals surface area contributed by atoms with Crippen molar-refractivity contribution in [1.82, 2.24) is 14.9 Å². The normalized spacial score (nSPS) is 13.3. The van der Waals surface area contributed by atoms with E-state index in [1.54, 1.807) is 18.2 Å². The van der Waals surface area contributed by atoms with Crippen LogP contribution in [-0.4, -0.2) is 50.9 Å². The van der Waals surface area contributed by atoms with Crippen LogP contribution >= 0.6 is 0 Å². The monoisotopic (exact) mass is 468 g/mol. The van der Waals surface area contributed by atoms with Crippen LogP contribution in [0, 0.1) is 17.0 Å². The smallest absolute Gasteiger partial charge is 0.322 e. The van der Waals surface area contributed by atoms with Crippen LogP contribution in [0.25, 0.3) is 0 Å². The summed E-state index contributed by atoms with van der Waals surface area (Å²) >= 11 is 0. The highest BCUT2D eigenvalue weighted by Crippen LogP contribution is 2.27. The number of hydrogen-bond acceptors (Lipinski definition) is 8. The van der Waals surface area contributed by atoms with E-state index in [1.807, 2.05) is 0 Å². The van der Waals surface area contributed by atoms with Crippen molar-refractivity contribution >= 4 is 34.8 Å². The van der Waals surface area contributed by atoms with E-state index >= 15 is 0 Å². The van der Waals surface area contributed by atoms with Crippen LogP contribution < -0.4 is 22.1 Å². The van der Waals surface area contributed by atoms with Crippen molar-refractivity contribution in [2.45, 2.75) is 12.6 Å². The number of amides is 2. The van der Waals surface area contributed by atoms with Crippen molar-refractivity contribution in [3.63, 3.8) is 0 Å². The lowest BCUT2D eigenvalue weighted by molar-refractivity contribution is 0.0309. The van der Waals surface area contributed by atoms with Gasteiger partial charge in [-0.15, -0.1) is 0 Å². The molecular weight excluding hydrogens is 446 g/mol. The molecule has 10 nitrogen and oxygen atoms in total. The Morgan fingerprint density at radius 1 is 1.06 bits per heavy atom. The summed E-state index contributed by atoms with van der Waals surface area (Å²) in [4.78, 5) is 21.7. The first-order chi connectivity index (χ1) is 16.2. The first kappa shape index (κ1) is 22.9. The van der Waals surface area contributed by atoms with Crippen molar-refractivity contribution < 1.29 is 18.7 Å². The Bertz CT molecular complexity index is 1240. The molecule has 0 saturated carbocycles. The lowest BCUT2D eigenvalue weighted by Crippen LogP contribution is -2.55. The Balaban J connectivity index is 1.57. The molecule has 1 aliphatic rings. The average Bonchev–Trinajstić information content (AvgIpc) is 2.78. The average molecular weight is 468 g/mol. The highest BCUT2D eigenvalue weighted by Gasteiger charge is 2.30. The predicted octanol–water partition coefficient (Wildman–Crippen LogP) is 2.16. The number of carbonyl (C=O) groups excluding carboxylic acids is 1. The van der Waals surface area contributed by atoms with Gasteiger partial charge in [0.1, 0.15) is 23.0 Å². The summed E-state index contributed by atoms with van der Waals surface area (Å²) < 4.78 is 28.6. The van der Waals surface area contributed by atoms with Gasteiger partial charge in [-0.05, 0) is 12.1 Å². The Hall–Kier alpha value is -4.32. The molecule has 0 aliphatic carbocycles. The van der Waals surface area contributed by atoms with Gasteiger partial charge < -0.3 is 32.1 Å². The number of nitrogens with zero attached hydrogens (tertiary/aromatic N) is 3. The summed E-state index contributed by atoms with van der Waals surface area (Å²) in [6.45, 7) is 0.337. The fourth-order valence-corrected chi connectivity index (χ4v) is 3.40. The third-order valence-electron chi connectivity index (χ3n) is 5.27. The summed E-state index contributed by atoms with van der Waals surface area (Å²) in [7, 11) is 0. The lowest BCUT2D eigenvalue weighted by atomic mass is 10.1. The molecule has 1 saturated heterocycles. The van der Waals surface area contributed by atoms with Crippen molar-refractivity contribution in [1.29, 1.82) is 5.41 Å². The van der Waals surface area contributed by atoms with E-state index in [9.17, 15) is 18.7 Å². The van der Waals surface area contributed by atoms with Crippen molar-refractivity contribution in [3.05, 3.63) is 71.1 Å². The van der Waals surface area contributed by atoms with Gasteiger partial charge in [-0.3, -0.25) is 5.41 Å². The molecule has 0 unspecified atom stereocenters. The zero-order chi connectivity index (χ0) is 24.4. The molecular formula is C22H22F2N8O2. The molecule has 2 amide bonds. The van der Waals surface area contributed by atoms with E-state index in [4.69, 9.17) is 16.9 Å². The van der Waals surface area contributed by atoms with Crippen LogP contribution in [0.1, 0.15) is 17.0 Å². The molecule has 34 heavy (non-hydrogen) atoms. The first-order valence-electron chi connectivity index (χ1n) is 10.3. The van der Waals surface area contributed by atoms with Crippen LogP contribution in [-0.2, 0) is 6.54 Å². The number of likely N-dealkylation sites (tertiary alicyclic amines) is 1. The number of nitrogens with two attached hydrogens (primary N) is 2. The van der Waals surface area contributed by atoms with Gasteiger partial charge in [0.25, 0.3) is 0 Å². The van der Waals surface area contributed by atoms with E-state index in [0.717, 1.165) is 0 Å². The largest absolute Gasteiger partial charge is 0.389 e. The van der Waals surface area contributed by atoms with Crippen LogP contribution in [0.5, 0.6) is 0 Å².